The predicted octanol–water partition coefficient (Wildman–Crippen LogP) is 3.81. The van der Waals surface area contributed by atoms with E-state index in [2.05, 4.69) is 30.5 Å². The van der Waals surface area contributed by atoms with E-state index in [0.717, 1.165) is 11.8 Å². The first-order valence-corrected chi connectivity index (χ1v) is 10.1. The van der Waals surface area contributed by atoms with Crippen molar-refractivity contribution >= 4 is 28.2 Å². The Kier molecular flexibility index (Phi) is 4.81. The Bertz CT molecular complexity index is 1640. The van der Waals surface area contributed by atoms with Gasteiger partial charge in [-0.1, -0.05) is 12.1 Å². The highest BCUT2D eigenvalue weighted by molar-refractivity contribution is 5.95. The third kappa shape index (κ3) is 3.43. The summed E-state index contributed by atoms with van der Waals surface area (Å²) in [5.74, 6) is 0.166. The Morgan fingerprint density at radius 2 is 1.79 bits per heavy atom. The van der Waals surface area contributed by atoms with Crippen LogP contribution in [0, 0.1) is 13.8 Å². The minimum absolute atomic E-state index is 0.0217. The van der Waals surface area contributed by atoms with E-state index in [1.54, 1.807) is 30.8 Å². The zero-order chi connectivity index (χ0) is 24.2. The van der Waals surface area contributed by atoms with Crippen molar-refractivity contribution in [3.05, 3.63) is 69.9 Å². The minimum atomic E-state index is -4.65. The van der Waals surface area contributed by atoms with Crippen LogP contribution in [0.4, 0.5) is 24.8 Å². The van der Waals surface area contributed by atoms with Crippen molar-refractivity contribution in [1.29, 1.82) is 0 Å². The molecule has 0 saturated carbocycles. The van der Waals surface area contributed by atoms with Crippen molar-refractivity contribution in [2.45, 2.75) is 20.0 Å². The van der Waals surface area contributed by atoms with Crippen LogP contribution in [0.25, 0.3) is 27.9 Å². The van der Waals surface area contributed by atoms with E-state index in [0.29, 0.717) is 11.3 Å². The highest BCUT2D eigenvalue weighted by Gasteiger charge is 2.34. The SMILES string of the molecule is Cc1nn(C)c(C)c1-c1nc2c3cccc(C(F)(F)F)c3nc(Nc3ccccnc3=O)n2n1. The van der Waals surface area contributed by atoms with Crippen molar-refractivity contribution in [3.8, 4) is 11.4 Å². The van der Waals surface area contributed by atoms with Crippen LogP contribution in [0.5, 0.6) is 0 Å². The lowest BCUT2D eigenvalue weighted by molar-refractivity contribution is -0.136. The molecule has 0 aliphatic carbocycles. The zero-order valence-corrected chi connectivity index (χ0v) is 18.2. The van der Waals surface area contributed by atoms with Crippen LogP contribution in [0.15, 0.2) is 47.4 Å². The molecule has 0 spiro atoms. The topological polar surface area (TPSA) is 103 Å². The van der Waals surface area contributed by atoms with Crippen molar-refractivity contribution in [2.75, 3.05) is 5.32 Å². The lowest BCUT2D eigenvalue weighted by Gasteiger charge is -2.12. The van der Waals surface area contributed by atoms with Crippen molar-refractivity contribution < 1.29 is 13.2 Å². The molecule has 0 amide bonds. The second-order valence-electron chi connectivity index (χ2n) is 7.65. The van der Waals surface area contributed by atoms with E-state index in [4.69, 9.17) is 0 Å². The monoisotopic (exact) mass is 466 g/mol. The molecule has 0 aliphatic rings. The summed E-state index contributed by atoms with van der Waals surface area (Å²) in [6.45, 7) is 3.64. The number of hydrogen-bond acceptors (Lipinski definition) is 7. The minimum Gasteiger partial charge on any atom is -0.319 e. The fourth-order valence-corrected chi connectivity index (χ4v) is 3.81. The van der Waals surface area contributed by atoms with Gasteiger partial charge in [-0.2, -0.15) is 22.8 Å². The molecule has 34 heavy (non-hydrogen) atoms. The molecule has 0 bridgehead atoms. The second-order valence-corrected chi connectivity index (χ2v) is 7.65. The standard InChI is InChI=1S/C22H17F3N8O/c1-11-16(12(2)32(3)30-11)18-29-19-13-7-6-8-14(22(23,24)25)17(13)28-21(33(19)31-18)27-15-9-4-5-10-26-20(15)34/h4-10H,1-3H3,(H,26,27,28,34). The average molecular weight is 466 g/mol. The second kappa shape index (κ2) is 7.61. The largest absolute Gasteiger partial charge is 0.418 e. The van der Waals surface area contributed by atoms with E-state index in [9.17, 15) is 18.0 Å². The van der Waals surface area contributed by atoms with Crippen LogP contribution in [-0.4, -0.2) is 34.3 Å². The van der Waals surface area contributed by atoms with Gasteiger partial charge >= 0.3 is 6.18 Å². The Balaban J connectivity index is 1.85. The number of nitrogens with zero attached hydrogens (tertiary/aromatic N) is 7. The van der Waals surface area contributed by atoms with Gasteiger partial charge in [0, 0.05) is 24.3 Å². The summed E-state index contributed by atoms with van der Waals surface area (Å²) in [6, 6.07) is 8.33. The van der Waals surface area contributed by atoms with Gasteiger partial charge in [0.1, 0.15) is 5.69 Å². The van der Waals surface area contributed by atoms with E-state index in [1.807, 2.05) is 6.92 Å². The van der Waals surface area contributed by atoms with Gasteiger partial charge in [0.25, 0.3) is 5.56 Å². The predicted molar refractivity (Wildman–Crippen MR) is 119 cm³/mol. The zero-order valence-electron chi connectivity index (χ0n) is 18.2. The van der Waals surface area contributed by atoms with Crippen molar-refractivity contribution in [3.63, 3.8) is 0 Å². The Hall–Kier alpha value is -4.35. The van der Waals surface area contributed by atoms with Gasteiger partial charge in [-0.25, -0.2) is 15.0 Å². The fraction of sp³-hybridized carbons (Fsp3) is 0.182. The Labute approximate surface area is 189 Å². The van der Waals surface area contributed by atoms with Gasteiger partial charge in [-0.05, 0) is 38.1 Å². The van der Waals surface area contributed by atoms with Gasteiger partial charge in [0.2, 0.25) is 5.95 Å². The van der Waals surface area contributed by atoms with E-state index in [-0.39, 0.29) is 34.0 Å². The number of para-hydroxylation sites is 1. The molecule has 5 rings (SSSR count). The van der Waals surface area contributed by atoms with Gasteiger partial charge in [0.15, 0.2) is 11.5 Å². The maximum atomic E-state index is 13.8. The number of aromatic nitrogens is 7. The van der Waals surface area contributed by atoms with Gasteiger partial charge in [0.05, 0.1) is 22.3 Å². The number of nitrogens with one attached hydrogen (secondary N) is 1. The third-order valence-electron chi connectivity index (χ3n) is 5.47. The first-order valence-electron chi connectivity index (χ1n) is 10.1. The average Bonchev–Trinajstić information content (AvgIpc) is 3.24. The maximum Gasteiger partial charge on any atom is 0.418 e. The molecule has 0 saturated heterocycles. The summed E-state index contributed by atoms with van der Waals surface area (Å²) in [5.41, 5.74) is 0.442. The Morgan fingerprint density at radius 3 is 2.50 bits per heavy atom. The first-order chi connectivity index (χ1) is 16.1. The third-order valence-corrected chi connectivity index (χ3v) is 5.47. The molecule has 0 aliphatic heterocycles. The van der Waals surface area contributed by atoms with Crippen LogP contribution < -0.4 is 10.9 Å². The molecule has 5 aromatic rings. The first kappa shape index (κ1) is 21.5. The molecule has 1 N–H and O–H groups in total. The molecule has 9 nitrogen and oxygen atoms in total. The van der Waals surface area contributed by atoms with Gasteiger partial charge in [-0.3, -0.25) is 9.48 Å². The highest BCUT2D eigenvalue weighted by atomic mass is 19.4. The summed E-state index contributed by atoms with van der Waals surface area (Å²) >= 11 is 0. The molecule has 0 atom stereocenters. The molecular weight excluding hydrogens is 449 g/mol. The van der Waals surface area contributed by atoms with Crippen molar-refractivity contribution in [2.24, 2.45) is 7.05 Å². The maximum absolute atomic E-state index is 13.8. The highest BCUT2D eigenvalue weighted by Crippen LogP contribution is 2.36. The van der Waals surface area contributed by atoms with Gasteiger partial charge < -0.3 is 5.32 Å². The van der Waals surface area contributed by atoms with Crippen LogP contribution in [0.1, 0.15) is 17.0 Å². The molecular formula is C22H17F3N8O. The Morgan fingerprint density at radius 1 is 1.00 bits per heavy atom. The molecule has 0 unspecified atom stereocenters. The number of aryl methyl sites for hydroxylation is 2. The number of anilines is 2. The summed E-state index contributed by atoms with van der Waals surface area (Å²) in [6.07, 6.45) is -3.33. The molecule has 0 radical (unpaired) electrons. The summed E-state index contributed by atoms with van der Waals surface area (Å²) in [7, 11) is 1.78. The number of benzene rings is 1. The number of fused-ring (bicyclic) bond motifs is 3. The molecule has 1 aromatic carbocycles. The summed E-state index contributed by atoms with van der Waals surface area (Å²) in [4.78, 5) is 24.9. The number of halogens is 3. The summed E-state index contributed by atoms with van der Waals surface area (Å²) < 4.78 is 44.3. The molecule has 4 aromatic heterocycles. The van der Waals surface area contributed by atoms with E-state index < -0.39 is 17.3 Å². The van der Waals surface area contributed by atoms with E-state index >= 15 is 0 Å². The number of alkyl halides is 3. The molecule has 0 fully saturated rings. The molecule has 12 heteroatoms. The summed E-state index contributed by atoms with van der Waals surface area (Å²) in [5, 5.41) is 11.9. The van der Waals surface area contributed by atoms with Crippen LogP contribution in [-0.2, 0) is 13.2 Å². The quantitative estimate of drug-likeness (QED) is 0.431. The van der Waals surface area contributed by atoms with Gasteiger partial charge in [-0.15, -0.1) is 5.10 Å². The van der Waals surface area contributed by atoms with Crippen molar-refractivity contribution in [1.82, 2.24) is 34.3 Å². The van der Waals surface area contributed by atoms with Crippen LogP contribution in [0.3, 0.4) is 0 Å². The molecule has 172 valence electrons. The van der Waals surface area contributed by atoms with Crippen LogP contribution in [0.2, 0.25) is 0 Å². The molecule has 4 heterocycles. The number of rotatable bonds is 3. The lowest BCUT2D eigenvalue weighted by atomic mass is 10.1. The smallest absolute Gasteiger partial charge is 0.319 e. The fourth-order valence-electron chi connectivity index (χ4n) is 3.81. The van der Waals surface area contributed by atoms with E-state index in [1.165, 1.54) is 28.9 Å². The number of hydrogen-bond donors (Lipinski definition) is 1. The normalized spacial score (nSPS) is 11.9. The van der Waals surface area contributed by atoms with Crippen LogP contribution >= 0.6 is 0 Å². The lowest BCUT2D eigenvalue weighted by Crippen LogP contribution is -2.13.